The second-order valence-electron chi connectivity index (χ2n) is 6.26. The van der Waals surface area contributed by atoms with E-state index in [0.29, 0.717) is 11.1 Å². The van der Waals surface area contributed by atoms with Crippen LogP contribution in [0.3, 0.4) is 0 Å². The van der Waals surface area contributed by atoms with Gasteiger partial charge in [-0.2, -0.15) is 0 Å². The zero-order valence-corrected chi connectivity index (χ0v) is 16.7. The van der Waals surface area contributed by atoms with Gasteiger partial charge in [-0.05, 0) is 60.2 Å². The van der Waals surface area contributed by atoms with Crippen LogP contribution in [0.4, 0.5) is 0 Å². The summed E-state index contributed by atoms with van der Waals surface area (Å²) >= 11 is 1.17. The predicted octanol–water partition coefficient (Wildman–Crippen LogP) is 3.70. The second kappa shape index (κ2) is 8.02. The van der Waals surface area contributed by atoms with E-state index >= 15 is 0 Å². The molecule has 140 valence electrons. The van der Waals surface area contributed by atoms with E-state index in [1.807, 2.05) is 19.9 Å². The molecule has 0 saturated heterocycles. The van der Waals surface area contributed by atoms with E-state index in [9.17, 15) is 13.2 Å². The summed E-state index contributed by atoms with van der Waals surface area (Å²) < 4.78 is 26.4. The first-order valence-corrected chi connectivity index (χ1v) is 10.8. The molecule has 2 heterocycles. The highest BCUT2D eigenvalue weighted by atomic mass is 32.2. The molecule has 0 aliphatic carbocycles. The zero-order valence-electron chi connectivity index (χ0n) is 15.0. The minimum absolute atomic E-state index is 0.0301. The number of aromatic nitrogens is 1. The van der Waals surface area contributed by atoms with Crippen LogP contribution in [0.15, 0.2) is 64.4 Å². The summed E-state index contributed by atoms with van der Waals surface area (Å²) in [6.45, 7) is 3.88. The maximum atomic E-state index is 13.1. The molecule has 1 amide bonds. The van der Waals surface area contributed by atoms with Crippen molar-refractivity contribution in [2.24, 2.45) is 0 Å². The summed E-state index contributed by atoms with van der Waals surface area (Å²) in [7, 11) is -3.64. The van der Waals surface area contributed by atoms with Gasteiger partial charge >= 0.3 is 0 Å². The molecule has 2 aromatic heterocycles. The number of carbonyl (C=O) groups is 1. The smallest absolute Gasteiger partial charge is 0.251 e. The van der Waals surface area contributed by atoms with Crippen molar-refractivity contribution in [3.05, 3.63) is 82.5 Å². The number of carbonyl (C=O) groups excluding carboxylic acids is 1. The molecule has 0 radical (unpaired) electrons. The number of nitrogens with zero attached hydrogens (tertiary/aromatic N) is 1. The number of benzene rings is 1. The molecule has 27 heavy (non-hydrogen) atoms. The topological polar surface area (TPSA) is 76.1 Å². The highest BCUT2D eigenvalue weighted by molar-refractivity contribution is 7.93. The Bertz CT molecular complexity index is 1030. The SMILES string of the molecule is Cc1ccc(C(=O)NC[C@H](c2cccnc2)S(=O)(=O)c2cccs2)cc1C. The Morgan fingerprint density at radius 3 is 2.59 bits per heavy atom. The molecule has 1 aromatic carbocycles. The van der Waals surface area contributed by atoms with Crippen molar-refractivity contribution in [2.45, 2.75) is 23.3 Å². The molecule has 0 fully saturated rings. The van der Waals surface area contributed by atoms with E-state index in [4.69, 9.17) is 0 Å². The quantitative estimate of drug-likeness (QED) is 0.684. The molecule has 3 rings (SSSR count). The number of thiophene rings is 1. The molecule has 0 saturated carbocycles. The van der Waals surface area contributed by atoms with Crippen LogP contribution in [0.1, 0.15) is 32.3 Å². The van der Waals surface area contributed by atoms with Crippen molar-refractivity contribution in [2.75, 3.05) is 6.54 Å². The van der Waals surface area contributed by atoms with E-state index in [0.717, 1.165) is 11.1 Å². The molecule has 0 aliphatic heterocycles. The van der Waals surface area contributed by atoms with Gasteiger partial charge in [-0.3, -0.25) is 9.78 Å². The molecule has 0 unspecified atom stereocenters. The zero-order chi connectivity index (χ0) is 19.4. The van der Waals surface area contributed by atoms with Gasteiger partial charge in [0, 0.05) is 24.5 Å². The average molecular weight is 401 g/mol. The molecular weight excluding hydrogens is 380 g/mol. The van der Waals surface area contributed by atoms with Gasteiger partial charge in [0.05, 0.1) is 0 Å². The Morgan fingerprint density at radius 1 is 1.15 bits per heavy atom. The van der Waals surface area contributed by atoms with Crippen LogP contribution in [0, 0.1) is 13.8 Å². The fourth-order valence-corrected chi connectivity index (χ4v) is 5.56. The molecule has 5 nitrogen and oxygen atoms in total. The molecule has 0 spiro atoms. The van der Waals surface area contributed by atoms with Crippen LogP contribution in [0.5, 0.6) is 0 Å². The fraction of sp³-hybridized carbons (Fsp3) is 0.200. The van der Waals surface area contributed by atoms with Crippen LogP contribution < -0.4 is 5.32 Å². The van der Waals surface area contributed by atoms with E-state index in [1.54, 1.807) is 48.0 Å². The highest BCUT2D eigenvalue weighted by Gasteiger charge is 2.30. The van der Waals surface area contributed by atoms with Crippen LogP contribution >= 0.6 is 11.3 Å². The molecular formula is C20H20N2O3S2. The van der Waals surface area contributed by atoms with Gasteiger partial charge in [-0.25, -0.2) is 8.42 Å². The Balaban J connectivity index is 1.86. The first-order chi connectivity index (χ1) is 12.9. The van der Waals surface area contributed by atoms with Crippen molar-refractivity contribution in [3.63, 3.8) is 0 Å². The third-order valence-electron chi connectivity index (χ3n) is 4.42. The molecule has 7 heteroatoms. The number of pyridine rings is 1. The molecule has 1 atom stereocenters. The normalized spacial score (nSPS) is 12.5. The third kappa shape index (κ3) is 4.26. The van der Waals surface area contributed by atoms with Gasteiger partial charge < -0.3 is 5.32 Å². The van der Waals surface area contributed by atoms with Gasteiger partial charge in [0.1, 0.15) is 9.46 Å². The van der Waals surface area contributed by atoms with Gasteiger partial charge in [0.2, 0.25) is 0 Å². The van der Waals surface area contributed by atoms with E-state index < -0.39 is 15.1 Å². The number of hydrogen-bond acceptors (Lipinski definition) is 5. The Morgan fingerprint density at radius 2 is 1.96 bits per heavy atom. The lowest BCUT2D eigenvalue weighted by atomic mass is 10.1. The number of aryl methyl sites for hydroxylation is 2. The van der Waals surface area contributed by atoms with Gasteiger partial charge in [-0.1, -0.05) is 18.2 Å². The number of sulfone groups is 1. The lowest BCUT2D eigenvalue weighted by molar-refractivity contribution is 0.0953. The fourth-order valence-electron chi connectivity index (χ4n) is 2.71. The van der Waals surface area contributed by atoms with Gasteiger partial charge in [0.15, 0.2) is 9.84 Å². The summed E-state index contributed by atoms with van der Waals surface area (Å²) in [5, 5.41) is 3.59. The highest BCUT2D eigenvalue weighted by Crippen LogP contribution is 2.30. The van der Waals surface area contributed by atoms with Crippen LogP contribution in [-0.4, -0.2) is 25.9 Å². The summed E-state index contributed by atoms with van der Waals surface area (Å²) in [5.74, 6) is -0.298. The summed E-state index contributed by atoms with van der Waals surface area (Å²) in [6.07, 6.45) is 3.12. The van der Waals surface area contributed by atoms with Gasteiger partial charge in [-0.15, -0.1) is 11.3 Å². The average Bonchev–Trinajstić information content (AvgIpc) is 3.20. The summed E-state index contributed by atoms with van der Waals surface area (Å²) in [6, 6.07) is 12.1. The molecule has 0 bridgehead atoms. The van der Waals surface area contributed by atoms with Crippen LogP contribution in [-0.2, 0) is 9.84 Å². The van der Waals surface area contributed by atoms with Crippen LogP contribution in [0.2, 0.25) is 0 Å². The maximum Gasteiger partial charge on any atom is 0.251 e. The Kier molecular flexibility index (Phi) is 5.72. The summed E-state index contributed by atoms with van der Waals surface area (Å²) in [4.78, 5) is 16.6. The van der Waals surface area contributed by atoms with Gasteiger partial charge in [0.25, 0.3) is 5.91 Å². The minimum Gasteiger partial charge on any atom is -0.350 e. The van der Waals surface area contributed by atoms with Crippen molar-refractivity contribution >= 4 is 27.1 Å². The van der Waals surface area contributed by atoms with Crippen molar-refractivity contribution in [1.29, 1.82) is 0 Å². The molecule has 0 aliphatic rings. The van der Waals surface area contributed by atoms with E-state index in [2.05, 4.69) is 10.3 Å². The van der Waals surface area contributed by atoms with Crippen molar-refractivity contribution in [3.8, 4) is 0 Å². The monoisotopic (exact) mass is 400 g/mol. The number of hydrogen-bond donors (Lipinski definition) is 1. The second-order valence-corrected chi connectivity index (χ2v) is 9.57. The Hall–Kier alpha value is -2.51. The number of nitrogens with one attached hydrogen (secondary N) is 1. The third-order valence-corrected chi connectivity index (χ3v) is 7.96. The van der Waals surface area contributed by atoms with E-state index in [-0.39, 0.29) is 16.7 Å². The first-order valence-electron chi connectivity index (χ1n) is 8.42. The Labute approximate surface area is 163 Å². The lowest BCUT2D eigenvalue weighted by Gasteiger charge is -2.18. The predicted molar refractivity (Wildman–Crippen MR) is 107 cm³/mol. The van der Waals surface area contributed by atoms with E-state index in [1.165, 1.54) is 17.5 Å². The number of rotatable bonds is 6. The lowest BCUT2D eigenvalue weighted by Crippen LogP contribution is -2.31. The van der Waals surface area contributed by atoms with Crippen molar-refractivity contribution < 1.29 is 13.2 Å². The van der Waals surface area contributed by atoms with Crippen molar-refractivity contribution in [1.82, 2.24) is 10.3 Å². The molecule has 1 N–H and O–H groups in total. The minimum atomic E-state index is -3.64. The first kappa shape index (κ1) is 19.3. The maximum absolute atomic E-state index is 13.1. The largest absolute Gasteiger partial charge is 0.350 e. The standard InChI is InChI=1S/C20H20N2O3S2/c1-14-7-8-16(11-15(14)2)20(23)22-13-18(17-5-3-9-21-12-17)27(24,25)19-6-4-10-26-19/h3-12,18H,13H2,1-2H3,(H,22,23)/t18-/m1/s1. The molecule has 3 aromatic rings. The number of amides is 1. The van der Waals surface area contributed by atoms with Crippen LogP contribution in [0.25, 0.3) is 0 Å². The summed E-state index contributed by atoms with van der Waals surface area (Å²) in [5.41, 5.74) is 3.17.